The molecule has 0 radical (unpaired) electrons. The molecule has 0 spiro atoms. The van der Waals surface area contributed by atoms with Gasteiger partial charge in [0.2, 0.25) is 0 Å². The Morgan fingerprint density at radius 2 is 1.55 bits per heavy atom. The summed E-state index contributed by atoms with van der Waals surface area (Å²) in [6.07, 6.45) is 1.03. The van der Waals surface area contributed by atoms with Crippen molar-refractivity contribution in [2.24, 2.45) is 0 Å². The van der Waals surface area contributed by atoms with Crippen LogP contribution in [0.25, 0.3) is 0 Å². The Hall–Kier alpha value is -3.42. The molecule has 0 bridgehead atoms. The van der Waals surface area contributed by atoms with E-state index in [0.29, 0.717) is 5.06 Å². The number of aromatic nitrogens is 1. The second-order valence-electron chi connectivity index (χ2n) is 4.40. The summed E-state index contributed by atoms with van der Waals surface area (Å²) >= 11 is 0. The Morgan fingerprint density at radius 1 is 0.955 bits per heavy atom. The predicted molar refractivity (Wildman–Crippen MR) is 70.2 cm³/mol. The molecule has 0 aliphatic carbocycles. The average molecular weight is 300 g/mol. The number of nitrogens with zero attached hydrogens (tertiary/aromatic N) is 2. The number of hydroxylamine groups is 2. The normalized spacial score (nSPS) is 13.2. The Bertz CT molecular complexity index is 835. The van der Waals surface area contributed by atoms with Gasteiger partial charge in [0.15, 0.2) is 0 Å². The van der Waals surface area contributed by atoms with Gasteiger partial charge in [-0.05, 0) is 24.3 Å². The third-order valence-electron chi connectivity index (χ3n) is 3.08. The molecule has 0 unspecified atom stereocenters. The molecule has 8 heteroatoms. The van der Waals surface area contributed by atoms with Crippen LogP contribution >= 0.6 is 0 Å². The van der Waals surface area contributed by atoms with Crippen LogP contribution in [0, 0.1) is 0 Å². The first kappa shape index (κ1) is 13.6. The van der Waals surface area contributed by atoms with Gasteiger partial charge in [-0.3, -0.25) is 14.4 Å². The number of pyridine rings is 1. The van der Waals surface area contributed by atoms with Crippen LogP contribution in [0.5, 0.6) is 0 Å². The van der Waals surface area contributed by atoms with Crippen LogP contribution in [0.1, 0.15) is 31.1 Å². The van der Waals surface area contributed by atoms with Gasteiger partial charge in [0.05, 0.1) is 11.1 Å². The number of hydrogen-bond acceptors (Lipinski definition) is 6. The van der Waals surface area contributed by atoms with E-state index >= 15 is 0 Å². The van der Waals surface area contributed by atoms with Gasteiger partial charge in [-0.1, -0.05) is 17.2 Å². The molecular formula is C14H8N2O6. The average Bonchev–Trinajstić information content (AvgIpc) is 2.75. The van der Waals surface area contributed by atoms with Crippen molar-refractivity contribution in [2.45, 2.75) is 0 Å². The van der Waals surface area contributed by atoms with E-state index < -0.39 is 28.9 Å². The lowest BCUT2D eigenvalue weighted by Gasteiger charge is -2.12. The van der Waals surface area contributed by atoms with Crippen LogP contribution in [0.3, 0.4) is 0 Å². The molecule has 1 aromatic heterocycles. The number of benzene rings is 1. The fraction of sp³-hybridized carbons (Fsp3) is 0. The minimum Gasteiger partial charge on any atom is -0.425 e. The van der Waals surface area contributed by atoms with E-state index in [0.717, 1.165) is 12.3 Å². The van der Waals surface area contributed by atoms with E-state index in [2.05, 4.69) is 0 Å². The largest absolute Gasteiger partial charge is 0.425 e. The van der Waals surface area contributed by atoms with Crippen LogP contribution in [-0.2, 0) is 4.84 Å². The molecule has 1 N–H and O–H groups in total. The molecule has 2 amide bonds. The summed E-state index contributed by atoms with van der Waals surface area (Å²) in [6, 6.07) is 8.32. The van der Waals surface area contributed by atoms with Crippen LogP contribution in [-0.4, -0.2) is 32.8 Å². The van der Waals surface area contributed by atoms with Crippen molar-refractivity contribution in [2.75, 3.05) is 0 Å². The first-order valence-corrected chi connectivity index (χ1v) is 6.11. The molecular weight excluding hydrogens is 292 g/mol. The molecule has 0 atom stereocenters. The van der Waals surface area contributed by atoms with Gasteiger partial charge in [-0.25, -0.2) is 4.79 Å². The van der Waals surface area contributed by atoms with Gasteiger partial charge in [0, 0.05) is 6.20 Å². The standard InChI is InChI=1S/C14H8N2O6/c17-11-10(6-3-7-15(11)21)14(20)22-16-12(18)8-4-1-2-5-9(8)13(16)19/h1-7,21H. The quantitative estimate of drug-likeness (QED) is 0.637. The number of amides is 2. The Balaban J connectivity index is 1.90. The minimum atomic E-state index is -1.22. The highest BCUT2D eigenvalue weighted by molar-refractivity contribution is 6.21. The summed E-state index contributed by atoms with van der Waals surface area (Å²) in [5, 5.41) is 9.50. The van der Waals surface area contributed by atoms with Crippen molar-refractivity contribution < 1.29 is 24.4 Å². The zero-order valence-corrected chi connectivity index (χ0v) is 10.9. The lowest BCUT2D eigenvalue weighted by Crippen LogP contribution is -2.35. The van der Waals surface area contributed by atoms with Crippen molar-refractivity contribution in [3.05, 3.63) is 69.6 Å². The van der Waals surface area contributed by atoms with Crippen molar-refractivity contribution in [1.82, 2.24) is 9.79 Å². The second kappa shape index (κ2) is 4.85. The molecule has 1 aromatic carbocycles. The Morgan fingerprint density at radius 3 is 2.14 bits per heavy atom. The molecule has 22 heavy (non-hydrogen) atoms. The number of hydrogen-bond donors (Lipinski definition) is 1. The van der Waals surface area contributed by atoms with Crippen LogP contribution in [0.15, 0.2) is 47.4 Å². The van der Waals surface area contributed by atoms with Crippen molar-refractivity contribution in [3.8, 4) is 0 Å². The topological polar surface area (TPSA) is 106 Å². The van der Waals surface area contributed by atoms with E-state index in [-0.39, 0.29) is 15.9 Å². The molecule has 2 aromatic rings. The predicted octanol–water partition coefficient (Wildman–Crippen LogP) is 0.454. The highest BCUT2D eigenvalue weighted by atomic mass is 16.7. The van der Waals surface area contributed by atoms with Gasteiger partial charge in [0.25, 0.3) is 17.4 Å². The number of imide groups is 1. The monoisotopic (exact) mass is 300 g/mol. The number of carbonyl (C=O) groups excluding carboxylic acids is 3. The highest BCUT2D eigenvalue weighted by Gasteiger charge is 2.39. The van der Waals surface area contributed by atoms with Crippen LogP contribution < -0.4 is 5.56 Å². The lowest BCUT2D eigenvalue weighted by atomic mass is 10.1. The first-order chi connectivity index (χ1) is 10.5. The molecule has 3 rings (SSSR count). The van der Waals surface area contributed by atoms with Gasteiger partial charge >= 0.3 is 5.97 Å². The van der Waals surface area contributed by atoms with Crippen LogP contribution in [0.2, 0.25) is 0 Å². The first-order valence-electron chi connectivity index (χ1n) is 6.11. The summed E-state index contributed by atoms with van der Waals surface area (Å²) in [7, 11) is 0. The third kappa shape index (κ3) is 1.94. The zero-order valence-electron chi connectivity index (χ0n) is 10.9. The summed E-state index contributed by atoms with van der Waals surface area (Å²) in [5.41, 5.74) is -1.33. The van der Waals surface area contributed by atoms with Gasteiger partial charge in [0.1, 0.15) is 5.56 Å². The maximum Gasteiger partial charge on any atom is 0.369 e. The molecule has 110 valence electrons. The summed E-state index contributed by atoms with van der Waals surface area (Å²) in [5.74, 6) is -2.81. The van der Waals surface area contributed by atoms with Crippen LogP contribution in [0.4, 0.5) is 0 Å². The molecule has 0 saturated heterocycles. The number of carbonyl (C=O) groups is 3. The molecule has 0 fully saturated rings. The number of rotatable bonds is 2. The van der Waals surface area contributed by atoms with Crippen molar-refractivity contribution in [3.63, 3.8) is 0 Å². The maximum absolute atomic E-state index is 12.0. The maximum atomic E-state index is 12.0. The fourth-order valence-electron chi connectivity index (χ4n) is 2.02. The van der Waals surface area contributed by atoms with Gasteiger partial charge in [-0.2, -0.15) is 4.73 Å². The smallest absolute Gasteiger partial charge is 0.369 e. The van der Waals surface area contributed by atoms with Crippen molar-refractivity contribution >= 4 is 17.8 Å². The second-order valence-corrected chi connectivity index (χ2v) is 4.40. The van der Waals surface area contributed by atoms with Gasteiger partial charge in [-0.15, -0.1) is 0 Å². The van der Waals surface area contributed by atoms with E-state index in [1.807, 2.05) is 0 Å². The molecule has 0 saturated carbocycles. The van der Waals surface area contributed by atoms with E-state index in [1.54, 1.807) is 12.1 Å². The third-order valence-corrected chi connectivity index (χ3v) is 3.08. The fourth-order valence-corrected chi connectivity index (χ4v) is 2.02. The Kier molecular flexibility index (Phi) is 2.99. The zero-order chi connectivity index (χ0) is 15.9. The van der Waals surface area contributed by atoms with E-state index in [9.17, 15) is 24.4 Å². The van der Waals surface area contributed by atoms with Crippen molar-refractivity contribution in [1.29, 1.82) is 0 Å². The lowest BCUT2D eigenvalue weighted by molar-refractivity contribution is -0.0587. The molecule has 1 aliphatic heterocycles. The molecule has 2 heterocycles. The SMILES string of the molecule is O=C(ON1C(=O)c2ccccc2C1=O)c1cccn(O)c1=O. The van der Waals surface area contributed by atoms with E-state index in [4.69, 9.17) is 4.84 Å². The van der Waals surface area contributed by atoms with Gasteiger partial charge < -0.3 is 10.0 Å². The summed E-state index contributed by atoms with van der Waals surface area (Å²) < 4.78 is 0.193. The Labute approximate surface area is 122 Å². The number of fused-ring (bicyclic) bond motifs is 1. The minimum absolute atomic E-state index is 0.105. The van der Waals surface area contributed by atoms with E-state index in [1.165, 1.54) is 18.2 Å². The molecule has 1 aliphatic rings. The highest BCUT2D eigenvalue weighted by Crippen LogP contribution is 2.22. The summed E-state index contributed by atoms with van der Waals surface area (Å²) in [4.78, 5) is 52.3. The summed E-state index contributed by atoms with van der Waals surface area (Å²) in [6.45, 7) is 0. The molecule has 8 nitrogen and oxygen atoms in total.